The third-order valence-corrected chi connectivity index (χ3v) is 4.06. The van der Waals surface area contributed by atoms with Crippen molar-refractivity contribution in [2.24, 2.45) is 0 Å². The first kappa shape index (κ1) is 11.5. The van der Waals surface area contributed by atoms with E-state index < -0.39 is 8.77 Å². The van der Waals surface area contributed by atoms with Crippen LogP contribution in [0.4, 0.5) is 5.69 Å². The molecule has 1 aromatic carbocycles. The van der Waals surface area contributed by atoms with E-state index >= 15 is 0 Å². The molecule has 0 fully saturated rings. The zero-order valence-corrected chi connectivity index (χ0v) is 10.1. The Morgan fingerprint density at radius 2 is 2.25 bits per heavy atom. The van der Waals surface area contributed by atoms with Crippen LogP contribution < -0.4 is 4.90 Å². The van der Waals surface area contributed by atoms with Crippen LogP contribution in [0.5, 0.6) is 0 Å². The second-order valence-electron chi connectivity index (χ2n) is 3.67. The largest absolute Gasteiger partial charge is 0.315 e. The molecule has 1 aliphatic heterocycles. The molecule has 0 aliphatic carbocycles. The number of carbonyl (C=O) groups is 1. The first-order valence-electron chi connectivity index (χ1n) is 4.85. The third-order valence-electron chi connectivity index (χ3n) is 2.63. The van der Waals surface area contributed by atoms with Gasteiger partial charge in [0.1, 0.15) is 0 Å². The Morgan fingerprint density at radius 1 is 1.50 bits per heavy atom. The lowest BCUT2D eigenvalue weighted by molar-refractivity contribution is -0.107. The molecule has 1 amide bonds. The van der Waals surface area contributed by atoms with E-state index in [1.165, 1.54) is 6.07 Å². The van der Waals surface area contributed by atoms with Gasteiger partial charge in [-0.2, -0.15) is 0 Å². The molecule has 0 radical (unpaired) electrons. The van der Waals surface area contributed by atoms with Crippen LogP contribution in [-0.4, -0.2) is 21.7 Å². The molecule has 6 heteroatoms. The minimum absolute atomic E-state index is 0.244. The Kier molecular flexibility index (Phi) is 2.96. The van der Waals surface area contributed by atoms with Crippen LogP contribution in [0, 0.1) is 0 Å². The Hall–Kier alpha value is -0.980. The maximum atomic E-state index is 11.3. The molecule has 1 aliphatic rings. The maximum Gasteiger partial charge on any atom is 0.214 e. The molecule has 1 unspecified atom stereocenters. The fourth-order valence-corrected chi connectivity index (χ4v) is 2.71. The number of carbonyl (C=O) groups excluding carboxylic acids is 1. The molecule has 0 aromatic heterocycles. The van der Waals surface area contributed by atoms with Gasteiger partial charge in [-0.1, -0.05) is 0 Å². The molecule has 0 saturated heterocycles. The molecule has 0 spiro atoms. The van der Waals surface area contributed by atoms with E-state index in [0.29, 0.717) is 6.54 Å². The van der Waals surface area contributed by atoms with Crippen LogP contribution in [0.2, 0.25) is 0 Å². The van der Waals surface area contributed by atoms with Gasteiger partial charge < -0.3 is 9.45 Å². The summed E-state index contributed by atoms with van der Waals surface area (Å²) in [6.45, 7) is 0.693. The van der Waals surface area contributed by atoms with Gasteiger partial charge in [-0.15, -0.1) is 0 Å². The average Bonchev–Trinajstić information content (AvgIpc) is 2.26. The molecule has 2 rings (SSSR count). The summed E-state index contributed by atoms with van der Waals surface area (Å²) in [4.78, 5) is 12.7. The number of fused-ring (bicyclic) bond motifs is 1. The standard InChI is InChI=1S/C10H11NO3S2/c12-7-11-5-1-2-8-6-9(16(13,14)15)3-4-10(8)11/h3-4,6-7H,1-2,5H2,(H,13,14,15). The first-order chi connectivity index (χ1) is 7.52. The van der Waals surface area contributed by atoms with Crippen molar-refractivity contribution in [2.75, 3.05) is 11.4 Å². The highest BCUT2D eigenvalue weighted by molar-refractivity contribution is 8.29. The topological polar surface area (TPSA) is 57.6 Å². The predicted octanol–water partition coefficient (Wildman–Crippen LogP) is 1.17. The van der Waals surface area contributed by atoms with E-state index in [1.54, 1.807) is 17.0 Å². The van der Waals surface area contributed by atoms with Gasteiger partial charge in [0.05, 0.1) is 4.90 Å². The molecule has 86 valence electrons. The number of rotatable bonds is 2. The summed E-state index contributed by atoms with van der Waals surface area (Å²) in [7, 11) is -3.33. The van der Waals surface area contributed by atoms with E-state index in [4.69, 9.17) is 0 Å². The van der Waals surface area contributed by atoms with Crippen LogP contribution in [0.3, 0.4) is 0 Å². The van der Waals surface area contributed by atoms with Crippen LogP contribution >= 0.6 is 0 Å². The molecule has 0 saturated carbocycles. The molecule has 1 aromatic rings. The third kappa shape index (κ3) is 2.09. The Morgan fingerprint density at radius 3 is 2.88 bits per heavy atom. The predicted molar refractivity (Wildman–Crippen MR) is 64.6 cm³/mol. The molecular formula is C10H11NO3S2. The lowest BCUT2D eigenvalue weighted by atomic mass is 10.0. The molecule has 0 bridgehead atoms. The lowest BCUT2D eigenvalue weighted by Gasteiger charge is -2.26. The second kappa shape index (κ2) is 4.12. The van der Waals surface area contributed by atoms with Crippen molar-refractivity contribution in [3.05, 3.63) is 23.8 Å². The van der Waals surface area contributed by atoms with Crippen molar-refractivity contribution < 1.29 is 13.6 Å². The number of anilines is 1. The monoisotopic (exact) mass is 257 g/mol. The minimum Gasteiger partial charge on any atom is -0.315 e. The highest BCUT2D eigenvalue weighted by Gasteiger charge is 2.18. The van der Waals surface area contributed by atoms with E-state index in [2.05, 4.69) is 11.2 Å². The van der Waals surface area contributed by atoms with Crippen molar-refractivity contribution in [1.82, 2.24) is 0 Å². The summed E-state index contributed by atoms with van der Waals surface area (Å²) in [5.41, 5.74) is 1.71. The van der Waals surface area contributed by atoms with Crippen molar-refractivity contribution in [1.29, 1.82) is 0 Å². The van der Waals surface area contributed by atoms with Gasteiger partial charge in [0.2, 0.25) is 6.41 Å². The molecule has 1 N–H and O–H groups in total. The Bertz CT molecular complexity index is 525. The van der Waals surface area contributed by atoms with E-state index in [0.717, 1.165) is 30.5 Å². The summed E-state index contributed by atoms with van der Waals surface area (Å²) in [5.74, 6) is 0. The van der Waals surface area contributed by atoms with Crippen LogP contribution in [0.25, 0.3) is 0 Å². The average molecular weight is 257 g/mol. The van der Waals surface area contributed by atoms with E-state index in [9.17, 15) is 13.6 Å². The van der Waals surface area contributed by atoms with Crippen LogP contribution in [-0.2, 0) is 31.2 Å². The summed E-state index contributed by atoms with van der Waals surface area (Å²) in [6, 6.07) is 4.82. The SMILES string of the molecule is O=CN1CCCc2cc(S(=O)(O)=S)ccc21. The quantitative estimate of drug-likeness (QED) is 0.808. The van der Waals surface area contributed by atoms with Gasteiger partial charge in [-0.25, -0.2) is 4.21 Å². The normalized spacial score (nSPS) is 18.7. The highest BCUT2D eigenvalue weighted by Crippen LogP contribution is 2.28. The highest BCUT2D eigenvalue weighted by atomic mass is 32.8. The number of hydrogen-bond acceptors (Lipinski definition) is 3. The second-order valence-corrected chi connectivity index (χ2v) is 6.44. The molecule has 1 heterocycles. The van der Waals surface area contributed by atoms with Crippen LogP contribution in [0.15, 0.2) is 23.1 Å². The number of aryl methyl sites for hydroxylation is 1. The van der Waals surface area contributed by atoms with Gasteiger partial charge in [-0.05, 0) is 36.6 Å². The van der Waals surface area contributed by atoms with Gasteiger partial charge in [-0.3, -0.25) is 4.79 Å². The summed E-state index contributed by atoms with van der Waals surface area (Å²) < 4.78 is 20.6. The Labute approximate surface area is 98.8 Å². The van der Waals surface area contributed by atoms with Crippen molar-refractivity contribution in [2.45, 2.75) is 17.7 Å². The molecule has 1 atom stereocenters. The fraction of sp³-hybridized carbons (Fsp3) is 0.300. The number of nitrogens with zero attached hydrogens (tertiary/aromatic N) is 1. The smallest absolute Gasteiger partial charge is 0.214 e. The fourth-order valence-electron chi connectivity index (χ4n) is 1.87. The Balaban J connectivity index is 2.51. The van der Waals surface area contributed by atoms with Crippen molar-refractivity contribution in [3.63, 3.8) is 0 Å². The van der Waals surface area contributed by atoms with Gasteiger partial charge >= 0.3 is 0 Å². The summed E-state index contributed by atoms with van der Waals surface area (Å²) in [6.07, 6.45) is 2.44. The van der Waals surface area contributed by atoms with E-state index in [-0.39, 0.29) is 4.90 Å². The van der Waals surface area contributed by atoms with Crippen molar-refractivity contribution in [3.8, 4) is 0 Å². The minimum atomic E-state index is -3.33. The number of benzene rings is 1. The number of amides is 1. The lowest BCUT2D eigenvalue weighted by Crippen LogP contribution is -2.27. The van der Waals surface area contributed by atoms with E-state index in [1.807, 2.05) is 0 Å². The molecule has 16 heavy (non-hydrogen) atoms. The number of hydrogen-bond donors (Lipinski definition) is 1. The van der Waals surface area contributed by atoms with Gasteiger partial charge in [0.25, 0.3) is 0 Å². The zero-order chi connectivity index (χ0) is 11.8. The summed E-state index contributed by atoms with van der Waals surface area (Å²) in [5, 5.41) is 0. The van der Waals surface area contributed by atoms with Gasteiger partial charge in [0.15, 0.2) is 8.77 Å². The van der Waals surface area contributed by atoms with Crippen LogP contribution in [0.1, 0.15) is 12.0 Å². The van der Waals surface area contributed by atoms with Crippen molar-refractivity contribution >= 4 is 32.1 Å². The molecule has 4 nitrogen and oxygen atoms in total. The molecular weight excluding hydrogens is 246 g/mol. The van der Waals surface area contributed by atoms with Gasteiger partial charge in [0, 0.05) is 23.4 Å². The first-order valence-corrected chi connectivity index (χ1v) is 7.29. The summed E-state index contributed by atoms with van der Waals surface area (Å²) >= 11 is 4.51. The zero-order valence-electron chi connectivity index (χ0n) is 8.46. The maximum absolute atomic E-state index is 11.3.